The number of ether oxygens (including phenoxy) is 1. The van der Waals surface area contributed by atoms with Gasteiger partial charge in [0.15, 0.2) is 0 Å². The highest BCUT2D eigenvalue weighted by Gasteiger charge is 2.53. The lowest BCUT2D eigenvalue weighted by atomic mass is 9.96. The molecule has 0 aliphatic carbocycles. The Labute approximate surface area is 144 Å². The van der Waals surface area contributed by atoms with Gasteiger partial charge >= 0.3 is 18.2 Å². The summed E-state index contributed by atoms with van der Waals surface area (Å²) in [6.07, 6.45) is -2.55. The molecule has 2 N–H and O–H groups in total. The van der Waals surface area contributed by atoms with Crippen LogP contribution in [0.5, 0.6) is 0 Å². The molecule has 6 nitrogen and oxygen atoms in total. The van der Waals surface area contributed by atoms with Gasteiger partial charge in [-0.1, -0.05) is 13.8 Å². The quantitative estimate of drug-likeness (QED) is 0.801. The standard InChI is InChI=1S/C16H25F3N2O4/c1-9(2)5-11-6-10(3-4-25-11)20-15(24)21-7-12(14(22)23)13(8-21)16(17,18)19/h9-13H,3-8H2,1-2H3,(H,20,24)(H,22,23)/t10?,11?,12-,13-/m1/s1. The molecule has 0 spiro atoms. The summed E-state index contributed by atoms with van der Waals surface area (Å²) < 4.78 is 44.6. The maximum absolute atomic E-state index is 13.0. The molecule has 2 saturated heterocycles. The van der Waals surface area contributed by atoms with Crippen LogP contribution in [0.1, 0.15) is 33.1 Å². The van der Waals surface area contributed by atoms with E-state index in [9.17, 15) is 22.8 Å². The number of carboxylic acid groups (broad SMARTS) is 1. The van der Waals surface area contributed by atoms with E-state index in [0.717, 1.165) is 11.3 Å². The molecule has 9 heteroatoms. The molecule has 2 fully saturated rings. The number of halogens is 3. The van der Waals surface area contributed by atoms with Crippen molar-refractivity contribution in [3.63, 3.8) is 0 Å². The van der Waals surface area contributed by atoms with Gasteiger partial charge in [0.05, 0.1) is 17.9 Å². The summed E-state index contributed by atoms with van der Waals surface area (Å²) in [4.78, 5) is 24.3. The van der Waals surface area contributed by atoms with Crippen LogP contribution in [-0.2, 0) is 9.53 Å². The normalized spacial score (nSPS) is 30.6. The third-order valence-electron chi connectivity index (χ3n) is 4.77. The van der Waals surface area contributed by atoms with Crippen molar-refractivity contribution >= 4 is 12.0 Å². The minimum Gasteiger partial charge on any atom is -0.481 e. The monoisotopic (exact) mass is 366 g/mol. The second-order valence-electron chi connectivity index (χ2n) is 7.29. The Hall–Kier alpha value is -1.51. The Bertz CT molecular complexity index is 498. The zero-order chi connectivity index (χ0) is 18.8. The highest BCUT2D eigenvalue weighted by molar-refractivity contribution is 5.78. The van der Waals surface area contributed by atoms with Gasteiger partial charge in [-0.25, -0.2) is 4.79 Å². The maximum atomic E-state index is 13.0. The number of carbonyl (C=O) groups excluding carboxylic acids is 1. The number of aliphatic carboxylic acids is 1. The first-order valence-corrected chi connectivity index (χ1v) is 8.54. The number of urea groups is 1. The van der Waals surface area contributed by atoms with E-state index in [1.54, 1.807) is 0 Å². The van der Waals surface area contributed by atoms with Gasteiger partial charge in [0.2, 0.25) is 0 Å². The highest BCUT2D eigenvalue weighted by Crippen LogP contribution is 2.37. The molecule has 2 amide bonds. The Morgan fingerprint density at radius 1 is 1.32 bits per heavy atom. The molecule has 0 aromatic carbocycles. The lowest BCUT2D eigenvalue weighted by Crippen LogP contribution is -2.48. The molecule has 2 aliphatic rings. The number of carboxylic acids is 1. The van der Waals surface area contributed by atoms with Crippen molar-refractivity contribution in [1.82, 2.24) is 10.2 Å². The molecular formula is C16H25F3N2O4. The zero-order valence-corrected chi connectivity index (χ0v) is 14.4. The van der Waals surface area contributed by atoms with Crippen LogP contribution in [0, 0.1) is 17.8 Å². The number of likely N-dealkylation sites (tertiary alicyclic amines) is 1. The SMILES string of the molecule is CC(C)CC1CC(NC(=O)N2C[C@@H](C(F)(F)F)[C@H](C(=O)O)C2)CCO1. The third kappa shape index (κ3) is 5.23. The molecule has 25 heavy (non-hydrogen) atoms. The molecule has 2 unspecified atom stereocenters. The van der Waals surface area contributed by atoms with Gasteiger partial charge in [-0.2, -0.15) is 13.2 Å². The second kappa shape index (κ2) is 7.80. The number of nitrogens with one attached hydrogen (secondary N) is 1. The van der Waals surface area contributed by atoms with Crippen LogP contribution in [0.2, 0.25) is 0 Å². The van der Waals surface area contributed by atoms with Gasteiger partial charge in [0.1, 0.15) is 0 Å². The van der Waals surface area contributed by atoms with Crippen molar-refractivity contribution < 1.29 is 32.6 Å². The number of nitrogens with zero attached hydrogens (tertiary/aromatic N) is 1. The summed E-state index contributed by atoms with van der Waals surface area (Å²) in [6.45, 7) is 3.58. The van der Waals surface area contributed by atoms with E-state index in [4.69, 9.17) is 9.84 Å². The van der Waals surface area contributed by atoms with E-state index < -0.39 is 43.1 Å². The zero-order valence-electron chi connectivity index (χ0n) is 14.4. The van der Waals surface area contributed by atoms with E-state index in [0.29, 0.717) is 25.4 Å². The lowest BCUT2D eigenvalue weighted by molar-refractivity contribution is -0.187. The van der Waals surface area contributed by atoms with Crippen molar-refractivity contribution in [3.05, 3.63) is 0 Å². The van der Waals surface area contributed by atoms with Crippen LogP contribution < -0.4 is 5.32 Å². The third-order valence-corrected chi connectivity index (χ3v) is 4.77. The fourth-order valence-corrected chi connectivity index (χ4v) is 3.52. The molecule has 2 heterocycles. The molecule has 0 bridgehead atoms. The van der Waals surface area contributed by atoms with Crippen molar-refractivity contribution in [3.8, 4) is 0 Å². The summed E-state index contributed by atoms with van der Waals surface area (Å²) in [5.74, 6) is -4.73. The van der Waals surface area contributed by atoms with Crippen molar-refractivity contribution in [1.29, 1.82) is 0 Å². The van der Waals surface area contributed by atoms with Crippen LogP contribution in [-0.4, -0.2) is 60.0 Å². The first-order valence-electron chi connectivity index (χ1n) is 8.54. The molecule has 2 aliphatic heterocycles. The Kier molecular flexibility index (Phi) is 6.18. The van der Waals surface area contributed by atoms with Crippen LogP contribution in [0.15, 0.2) is 0 Å². The number of rotatable bonds is 4. The largest absolute Gasteiger partial charge is 0.481 e. The minimum absolute atomic E-state index is 0.0207. The van der Waals surface area contributed by atoms with Gasteiger partial charge in [-0.15, -0.1) is 0 Å². The topological polar surface area (TPSA) is 78.9 Å². The average Bonchev–Trinajstić information content (AvgIpc) is 2.92. The number of amides is 2. The molecule has 0 saturated carbocycles. The summed E-state index contributed by atoms with van der Waals surface area (Å²) >= 11 is 0. The summed E-state index contributed by atoms with van der Waals surface area (Å²) in [5, 5.41) is 11.8. The predicted molar refractivity (Wildman–Crippen MR) is 83.0 cm³/mol. The molecule has 144 valence electrons. The van der Waals surface area contributed by atoms with Gasteiger partial charge in [-0.05, 0) is 25.2 Å². The van der Waals surface area contributed by atoms with E-state index in [1.807, 2.05) is 0 Å². The lowest BCUT2D eigenvalue weighted by Gasteiger charge is -2.32. The van der Waals surface area contributed by atoms with E-state index >= 15 is 0 Å². The first kappa shape index (κ1) is 19.8. The summed E-state index contributed by atoms with van der Waals surface area (Å²) in [7, 11) is 0. The van der Waals surface area contributed by atoms with Crippen molar-refractivity contribution in [2.75, 3.05) is 19.7 Å². The van der Waals surface area contributed by atoms with Crippen LogP contribution in [0.4, 0.5) is 18.0 Å². The number of alkyl halides is 3. The summed E-state index contributed by atoms with van der Waals surface area (Å²) in [5.41, 5.74) is 0. The average molecular weight is 366 g/mol. The Balaban J connectivity index is 1.93. The highest BCUT2D eigenvalue weighted by atomic mass is 19.4. The van der Waals surface area contributed by atoms with Crippen molar-refractivity contribution in [2.45, 2.75) is 51.4 Å². The number of carbonyl (C=O) groups is 2. The Morgan fingerprint density at radius 3 is 2.52 bits per heavy atom. The van der Waals surface area contributed by atoms with Crippen LogP contribution in [0.3, 0.4) is 0 Å². The first-order chi connectivity index (χ1) is 11.6. The smallest absolute Gasteiger partial charge is 0.394 e. The predicted octanol–water partition coefficient (Wildman–Crippen LogP) is 2.48. The van der Waals surface area contributed by atoms with Crippen LogP contribution in [0.25, 0.3) is 0 Å². The maximum Gasteiger partial charge on any atom is 0.394 e. The molecule has 0 aromatic rings. The van der Waals surface area contributed by atoms with E-state index in [2.05, 4.69) is 19.2 Å². The number of hydrogen-bond donors (Lipinski definition) is 2. The number of hydrogen-bond acceptors (Lipinski definition) is 3. The molecule has 4 atom stereocenters. The molecule has 2 rings (SSSR count). The van der Waals surface area contributed by atoms with Crippen molar-refractivity contribution in [2.24, 2.45) is 17.8 Å². The molecule has 0 radical (unpaired) electrons. The van der Waals surface area contributed by atoms with Gasteiger partial charge in [0, 0.05) is 25.7 Å². The summed E-state index contributed by atoms with van der Waals surface area (Å²) in [6, 6.07) is -0.800. The van der Waals surface area contributed by atoms with E-state index in [1.165, 1.54) is 0 Å². The fourth-order valence-electron chi connectivity index (χ4n) is 3.52. The minimum atomic E-state index is -4.64. The Morgan fingerprint density at radius 2 is 2.00 bits per heavy atom. The molecule has 0 aromatic heterocycles. The van der Waals surface area contributed by atoms with Gasteiger partial charge in [0.25, 0.3) is 0 Å². The fraction of sp³-hybridized carbons (Fsp3) is 0.875. The van der Waals surface area contributed by atoms with Crippen LogP contribution >= 0.6 is 0 Å². The van der Waals surface area contributed by atoms with Gasteiger partial charge < -0.3 is 20.1 Å². The molecular weight excluding hydrogens is 341 g/mol. The van der Waals surface area contributed by atoms with E-state index in [-0.39, 0.29) is 12.1 Å². The second-order valence-corrected chi connectivity index (χ2v) is 7.29. The van der Waals surface area contributed by atoms with Gasteiger partial charge in [-0.3, -0.25) is 4.79 Å².